The number of carbonyl (C=O) groups excluding carboxylic acids is 1. The van der Waals surface area contributed by atoms with Gasteiger partial charge >= 0.3 is 0 Å². The third kappa shape index (κ3) is 5.55. The second kappa shape index (κ2) is 9.02. The minimum absolute atomic E-state index is 0.224. The van der Waals surface area contributed by atoms with E-state index in [1.807, 2.05) is 55.5 Å². The van der Waals surface area contributed by atoms with Crippen LogP contribution in [-0.4, -0.2) is 16.7 Å². The lowest BCUT2D eigenvalue weighted by atomic mass is 10.1. The highest BCUT2D eigenvalue weighted by molar-refractivity contribution is 7.84. The van der Waals surface area contributed by atoms with Crippen LogP contribution in [0.5, 0.6) is 0 Å². The summed E-state index contributed by atoms with van der Waals surface area (Å²) in [6, 6.07) is 18.4. The van der Waals surface area contributed by atoms with Gasteiger partial charge in [-0.3, -0.25) is 9.00 Å². The van der Waals surface area contributed by atoms with Crippen LogP contribution in [0.4, 0.5) is 0 Å². The molecule has 0 saturated carbocycles. The second-order valence-corrected chi connectivity index (χ2v) is 8.09. The summed E-state index contributed by atoms with van der Waals surface area (Å²) in [5.41, 5.74) is 2.15. The molecule has 1 N–H and O–H groups in total. The molecule has 0 unspecified atom stereocenters. The Morgan fingerprint density at radius 1 is 1.11 bits per heavy atom. The van der Waals surface area contributed by atoms with Crippen molar-refractivity contribution in [2.75, 3.05) is 6.54 Å². The summed E-state index contributed by atoms with van der Waals surface area (Å²) in [4.78, 5) is 13.0. The van der Waals surface area contributed by atoms with Crippen LogP contribution in [0.3, 0.4) is 0 Å². The van der Waals surface area contributed by atoms with Crippen LogP contribution in [0, 0.1) is 6.92 Å². The first-order valence-electron chi connectivity index (χ1n) is 8.57. The number of aryl methyl sites for hydroxylation is 1. The molecule has 140 valence electrons. The predicted octanol–water partition coefficient (Wildman–Crippen LogP) is 4.52. The fourth-order valence-electron chi connectivity index (χ4n) is 2.61. The van der Waals surface area contributed by atoms with Crippen molar-refractivity contribution in [3.8, 4) is 0 Å². The van der Waals surface area contributed by atoms with Crippen molar-refractivity contribution in [1.82, 2.24) is 5.32 Å². The van der Waals surface area contributed by atoms with Gasteiger partial charge in [0.25, 0.3) is 5.91 Å². The van der Waals surface area contributed by atoms with E-state index in [1.54, 1.807) is 12.1 Å². The van der Waals surface area contributed by atoms with Crippen molar-refractivity contribution < 1.29 is 13.4 Å². The molecule has 3 aromatic rings. The Hall–Kier alpha value is -2.37. The van der Waals surface area contributed by atoms with Crippen molar-refractivity contribution in [2.24, 2.45) is 0 Å². The number of halogens is 1. The summed E-state index contributed by atoms with van der Waals surface area (Å²) in [5, 5.41) is 3.52. The Bertz CT molecular complexity index is 950. The molecule has 1 heterocycles. The summed E-state index contributed by atoms with van der Waals surface area (Å²) < 4.78 is 18.0. The number of hydrogen-bond donors (Lipinski definition) is 1. The molecule has 1 amide bonds. The highest BCUT2D eigenvalue weighted by Gasteiger charge is 2.13. The van der Waals surface area contributed by atoms with Crippen LogP contribution in [0.1, 0.15) is 27.4 Å². The molecule has 27 heavy (non-hydrogen) atoms. The first kappa shape index (κ1) is 19.4. The number of carbonyl (C=O) groups is 1. The van der Waals surface area contributed by atoms with E-state index in [2.05, 4.69) is 5.32 Å². The largest absolute Gasteiger partial charge is 0.455 e. The molecule has 0 aliphatic rings. The van der Waals surface area contributed by atoms with Gasteiger partial charge in [-0.1, -0.05) is 35.9 Å². The first-order chi connectivity index (χ1) is 13.0. The Morgan fingerprint density at radius 3 is 2.63 bits per heavy atom. The maximum Gasteiger partial charge on any atom is 0.287 e. The van der Waals surface area contributed by atoms with Gasteiger partial charge in [0.1, 0.15) is 5.76 Å². The zero-order valence-electron chi connectivity index (χ0n) is 14.9. The van der Waals surface area contributed by atoms with Crippen molar-refractivity contribution in [2.45, 2.75) is 24.0 Å². The van der Waals surface area contributed by atoms with E-state index in [0.29, 0.717) is 23.7 Å². The van der Waals surface area contributed by atoms with Crippen LogP contribution < -0.4 is 5.32 Å². The minimum Gasteiger partial charge on any atom is -0.455 e. The van der Waals surface area contributed by atoms with Crippen molar-refractivity contribution >= 4 is 28.3 Å². The molecule has 0 radical (unpaired) electrons. The van der Waals surface area contributed by atoms with E-state index >= 15 is 0 Å². The quantitative estimate of drug-likeness (QED) is 0.633. The van der Waals surface area contributed by atoms with Gasteiger partial charge in [0, 0.05) is 16.5 Å². The number of hydrogen-bond acceptors (Lipinski definition) is 3. The maximum absolute atomic E-state index is 12.4. The molecule has 1 atom stereocenters. The van der Waals surface area contributed by atoms with E-state index in [9.17, 15) is 9.00 Å². The fraction of sp³-hybridized carbons (Fsp3) is 0.190. The number of furan rings is 1. The van der Waals surface area contributed by atoms with Crippen LogP contribution >= 0.6 is 11.6 Å². The minimum atomic E-state index is -1.21. The molecule has 4 nitrogen and oxygen atoms in total. The molecule has 2 aromatic carbocycles. The zero-order valence-corrected chi connectivity index (χ0v) is 16.5. The normalized spacial score (nSPS) is 11.9. The van der Waals surface area contributed by atoms with Crippen LogP contribution in [0.2, 0.25) is 5.02 Å². The Labute approximate surface area is 166 Å². The summed E-state index contributed by atoms with van der Waals surface area (Å²) in [6.07, 6.45) is 0.702. The Morgan fingerprint density at radius 2 is 1.89 bits per heavy atom. The third-order valence-corrected chi connectivity index (χ3v) is 5.60. The van der Waals surface area contributed by atoms with Gasteiger partial charge in [-0.25, -0.2) is 0 Å². The fourth-order valence-corrected chi connectivity index (χ4v) is 3.86. The molecule has 0 aliphatic heterocycles. The summed E-state index contributed by atoms with van der Waals surface area (Å²) in [7, 11) is -1.21. The lowest BCUT2D eigenvalue weighted by Gasteiger charge is -2.04. The molecule has 0 aliphatic carbocycles. The summed E-state index contributed by atoms with van der Waals surface area (Å²) in [5.74, 6) is 0.707. The number of nitrogens with one attached hydrogen (secondary N) is 1. The average Bonchev–Trinajstić information content (AvgIpc) is 3.12. The van der Waals surface area contributed by atoms with Crippen LogP contribution in [0.25, 0.3) is 0 Å². The molecular weight excluding hydrogens is 382 g/mol. The van der Waals surface area contributed by atoms with Gasteiger partial charge in [0.05, 0.1) is 16.6 Å². The standard InChI is InChI=1S/C21H20ClNO3S/c1-15-3-2-4-19(13-15)27(25)14-18-9-10-20(26-18)21(24)23-12-11-16-5-7-17(22)8-6-16/h2-10,13H,11-12,14H2,1H3,(H,23,24)/t27-/m0/s1. The molecule has 0 spiro atoms. The average molecular weight is 402 g/mol. The number of benzene rings is 2. The lowest BCUT2D eigenvalue weighted by Crippen LogP contribution is -2.25. The molecule has 0 saturated heterocycles. The van der Waals surface area contributed by atoms with Gasteiger partial charge in [-0.15, -0.1) is 0 Å². The summed E-state index contributed by atoms with van der Waals surface area (Å²) in [6.45, 7) is 2.45. The zero-order chi connectivity index (χ0) is 19.2. The van der Waals surface area contributed by atoms with E-state index in [0.717, 1.165) is 16.0 Å². The topological polar surface area (TPSA) is 59.3 Å². The molecule has 1 aromatic heterocycles. The second-order valence-electron chi connectivity index (χ2n) is 6.20. The predicted molar refractivity (Wildman–Crippen MR) is 107 cm³/mol. The molecular formula is C21H20ClNO3S. The Balaban J connectivity index is 1.52. The van der Waals surface area contributed by atoms with E-state index < -0.39 is 10.8 Å². The van der Waals surface area contributed by atoms with Crippen molar-refractivity contribution in [3.63, 3.8) is 0 Å². The Kier molecular flexibility index (Phi) is 6.48. The van der Waals surface area contributed by atoms with Gasteiger partial charge in [0.15, 0.2) is 5.76 Å². The highest BCUT2D eigenvalue weighted by atomic mass is 35.5. The van der Waals surface area contributed by atoms with Gasteiger partial charge in [-0.2, -0.15) is 0 Å². The monoisotopic (exact) mass is 401 g/mol. The number of amides is 1. The van der Waals surface area contributed by atoms with Crippen molar-refractivity contribution in [1.29, 1.82) is 0 Å². The summed E-state index contributed by atoms with van der Waals surface area (Å²) >= 11 is 5.86. The first-order valence-corrected chi connectivity index (χ1v) is 10.3. The van der Waals surface area contributed by atoms with Gasteiger partial charge in [-0.05, 0) is 60.9 Å². The lowest BCUT2D eigenvalue weighted by molar-refractivity contribution is 0.0925. The van der Waals surface area contributed by atoms with E-state index in [-0.39, 0.29) is 17.4 Å². The van der Waals surface area contributed by atoms with E-state index in [1.165, 1.54) is 0 Å². The molecule has 0 bridgehead atoms. The molecule has 6 heteroatoms. The van der Waals surface area contributed by atoms with Crippen molar-refractivity contribution in [3.05, 3.63) is 88.3 Å². The SMILES string of the molecule is Cc1cccc([S@@](=O)Cc2ccc(C(=O)NCCc3ccc(Cl)cc3)o2)c1. The third-order valence-electron chi connectivity index (χ3n) is 4.02. The smallest absolute Gasteiger partial charge is 0.287 e. The molecule has 3 rings (SSSR count). The maximum atomic E-state index is 12.4. The molecule has 0 fully saturated rings. The number of rotatable bonds is 7. The van der Waals surface area contributed by atoms with Crippen LogP contribution in [0.15, 0.2) is 70.0 Å². The van der Waals surface area contributed by atoms with Gasteiger partial charge < -0.3 is 9.73 Å². The van der Waals surface area contributed by atoms with Crippen LogP contribution in [-0.2, 0) is 23.0 Å². The van der Waals surface area contributed by atoms with Gasteiger partial charge in [0.2, 0.25) is 0 Å². The highest BCUT2D eigenvalue weighted by Crippen LogP contribution is 2.16. The van der Waals surface area contributed by atoms with E-state index in [4.69, 9.17) is 16.0 Å².